The molecule has 1 aromatic carbocycles. The Morgan fingerprint density at radius 3 is 2.67 bits per heavy atom. The zero-order valence-corrected chi connectivity index (χ0v) is 11.1. The van der Waals surface area contributed by atoms with Crippen LogP contribution in [0.25, 0.3) is 0 Å². The first-order chi connectivity index (χ1) is 8.79. The van der Waals surface area contributed by atoms with Crippen molar-refractivity contribution in [3.8, 4) is 0 Å². The van der Waals surface area contributed by atoms with Gasteiger partial charge in [-0.05, 0) is 25.0 Å². The second kappa shape index (κ2) is 6.36. The van der Waals surface area contributed by atoms with Gasteiger partial charge in [-0.25, -0.2) is 0 Å². The Kier molecular flexibility index (Phi) is 4.53. The summed E-state index contributed by atoms with van der Waals surface area (Å²) < 4.78 is 1.95. The van der Waals surface area contributed by atoms with Gasteiger partial charge in [-0.15, -0.1) is 0 Å². The Morgan fingerprint density at radius 1 is 1.28 bits per heavy atom. The molecule has 1 heterocycles. The van der Waals surface area contributed by atoms with E-state index in [4.69, 9.17) is 0 Å². The van der Waals surface area contributed by atoms with Crippen molar-refractivity contribution in [2.45, 2.75) is 32.9 Å². The van der Waals surface area contributed by atoms with Crippen molar-refractivity contribution in [1.29, 1.82) is 0 Å². The van der Waals surface area contributed by atoms with E-state index in [1.807, 2.05) is 23.1 Å². The number of hydrogen-bond acceptors (Lipinski definition) is 2. The topological polar surface area (TPSA) is 29.9 Å². The predicted molar refractivity (Wildman–Crippen MR) is 74.4 cm³/mol. The van der Waals surface area contributed by atoms with Gasteiger partial charge in [0.2, 0.25) is 0 Å². The molecule has 2 aromatic rings. The maximum absolute atomic E-state index is 4.20. The normalized spacial score (nSPS) is 12.6. The molecular formula is C15H21N3. The van der Waals surface area contributed by atoms with Crippen LogP contribution in [0.5, 0.6) is 0 Å². The third kappa shape index (κ3) is 3.44. The quantitative estimate of drug-likeness (QED) is 0.845. The third-order valence-corrected chi connectivity index (χ3v) is 3.18. The average Bonchev–Trinajstić information content (AvgIpc) is 2.89. The monoisotopic (exact) mass is 243 g/mol. The molecule has 0 saturated heterocycles. The summed E-state index contributed by atoms with van der Waals surface area (Å²) in [5.74, 6) is 0. The zero-order valence-electron chi connectivity index (χ0n) is 11.1. The van der Waals surface area contributed by atoms with E-state index in [1.54, 1.807) is 0 Å². The first-order valence-electron chi connectivity index (χ1n) is 6.57. The molecule has 0 amide bonds. The number of rotatable bonds is 6. The maximum atomic E-state index is 4.20. The average molecular weight is 243 g/mol. The highest BCUT2D eigenvalue weighted by Gasteiger charge is 2.07. The lowest BCUT2D eigenvalue weighted by atomic mass is 10.0. The van der Waals surface area contributed by atoms with Gasteiger partial charge in [0.1, 0.15) is 0 Å². The molecule has 1 atom stereocenters. The number of aromatic nitrogens is 2. The van der Waals surface area contributed by atoms with Gasteiger partial charge in [0.05, 0.1) is 6.54 Å². The predicted octanol–water partition coefficient (Wildman–Crippen LogP) is 2.93. The van der Waals surface area contributed by atoms with Gasteiger partial charge in [-0.2, -0.15) is 5.10 Å². The molecule has 1 unspecified atom stereocenters. The smallest absolute Gasteiger partial charge is 0.0534 e. The fourth-order valence-corrected chi connectivity index (χ4v) is 2.08. The van der Waals surface area contributed by atoms with Gasteiger partial charge in [0, 0.05) is 25.0 Å². The minimum absolute atomic E-state index is 0.432. The van der Waals surface area contributed by atoms with E-state index in [0.29, 0.717) is 6.04 Å². The molecular weight excluding hydrogens is 222 g/mol. The lowest BCUT2D eigenvalue weighted by molar-refractivity contribution is 0.477. The summed E-state index contributed by atoms with van der Waals surface area (Å²) in [5, 5.41) is 7.78. The molecule has 96 valence electrons. The lowest BCUT2D eigenvalue weighted by Crippen LogP contribution is -2.25. The molecule has 0 aliphatic rings. The van der Waals surface area contributed by atoms with Crippen LogP contribution in [0.1, 0.15) is 30.5 Å². The van der Waals surface area contributed by atoms with Crippen LogP contribution in [-0.2, 0) is 6.54 Å². The molecule has 3 nitrogen and oxygen atoms in total. The Balaban J connectivity index is 1.87. The van der Waals surface area contributed by atoms with Crippen LogP contribution in [0.2, 0.25) is 0 Å². The Morgan fingerprint density at radius 2 is 2.06 bits per heavy atom. The minimum Gasteiger partial charge on any atom is -0.308 e. The van der Waals surface area contributed by atoms with Crippen molar-refractivity contribution in [2.75, 3.05) is 6.54 Å². The molecule has 1 N–H and O–H groups in total. The summed E-state index contributed by atoms with van der Waals surface area (Å²) >= 11 is 0. The molecule has 0 saturated carbocycles. The number of nitrogens with one attached hydrogen (secondary N) is 1. The van der Waals surface area contributed by atoms with Crippen LogP contribution < -0.4 is 5.32 Å². The van der Waals surface area contributed by atoms with Crippen LogP contribution in [0.4, 0.5) is 0 Å². The molecule has 3 heteroatoms. The van der Waals surface area contributed by atoms with E-state index >= 15 is 0 Å². The van der Waals surface area contributed by atoms with Gasteiger partial charge in [0.15, 0.2) is 0 Å². The summed E-state index contributed by atoms with van der Waals surface area (Å²) in [6.07, 6.45) is 4.91. The first kappa shape index (κ1) is 12.8. The molecule has 0 aliphatic heterocycles. The maximum Gasteiger partial charge on any atom is 0.0534 e. The Hall–Kier alpha value is -1.61. The molecule has 1 aromatic heterocycles. The molecule has 0 spiro atoms. The molecule has 0 fully saturated rings. The first-order valence-corrected chi connectivity index (χ1v) is 6.57. The van der Waals surface area contributed by atoms with Crippen LogP contribution in [-0.4, -0.2) is 16.3 Å². The zero-order chi connectivity index (χ0) is 12.8. The highest BCUT2D eigenvalue weighted by Crippen LogP contribution is 2.16. The van der Waals surface area contributed by atoms with Crippen molar-refractivity contribution in [2.24, 2.45) is 0 Å². The van der Waals surface area contributed by atoms with Gasteiger partial charge >= 0.3 is 0 Å². The largest absolute Gasteiger partial charge is 0.308 e. The summed E-state index contributed by atoms with van der Waals surface area (Å²) in [7, 11) is 0. The number of nitrogens with zero attached hydrogens (tertiary/aromatic N) is 2. The van der Waals surface area contributed by atoms with Crippen molar-refractivity contribution >= 4 is 0 Å². The van der Waals surface area contributed by atoms with Crippen molar-refractivity contribution < 1.29 is 0 Å². The fraction of sp³-hybridized carbons (Fsp3) is 0.400. The lowest BCUT2D eigenvalue weighted by Gasteiger charge is -2.17. The molecule has 0 aliphatic carbocycles. The summed E-state index contributed by atoms with van der Waals surface area (Å²) in [5.41, 5.74) is 2.67. The van der Waals surface area contributed by atoms with Gasteiger partial charge in [-0.1, -0.05) is 36.8 Å². The van der Waals surface area contributed by atoms with E-state index in [1.165, 1.54) is 11.1 Å². The Bertz CT molecular complexity index is 445. The van der Waals surface area contributed by atoms with E-state index < -0.39 is 0 Å². The Labute approximate surface area is 109 Å². The SMILES string of the molecule is CCC(NCCn1cccn1)c1ccc(C)cc1. The van der Waals surface area contributed by atoms with Crippen LogP contribution in [0, 0.1) is 6.92 Å². The standard InChI is InChI=1S/C15H21N3/c1-3-15(14-7-5-13(2)6-8-14)16-10-12-18-11-4-9-17-18/h4-9,11,15-16H,3,10,12H2,1-2H3. The van der Waals surface area contributed by atoms with Crippen molar-refractivity contribution in [1.82, 2.24) is 15.1 Å². The van der Waals surface area contributed by atoms with Crippen molar-refractivity contribution in [3.05, 3.63) is 53.9 Å². The fourth-order valence-electron chi connectivity index (χ4n) is 2.08. The molecule has 2 rings (SSSR count). The van der Waals surface area contributed by atoms with Crippen LogP contribution >= 0.6 is 0 Å². The summed E-state index contributed by atoms with van der Waals surface area (Å²) in [6.45, 7) is 6.19. The number of aryl methyl sites for hydroxylation is 1. The van der Waals surface area contributed by atoms with Crippen LogP contribution in [0.15, 0.2) is 42.7 Å². The highest BCUT2D eigenvalue weighted by atomic mass is 15.3. The number of benzene rings is 1. The van der Waals surface area contributed by atoms with Gasteiger partial charge < -0.3 is 5.32 Å². The van der Waals surface area contributed by atoms with E-state index in [-0.39, 0.29) is 0 Å². The molecule has 0 bridgehead atoms. The number of hydrogen-bond donors (Lipinski definition) is 1. The highest BCUT2D eigenvalue weighted by molar-refractivity contribution is 5.23. The summed E-state index contributed by atoms with van der Waals surface area (Å²) in [4.78, 5) is 0. The minimum atomic E-state index is 0.432. The van der Waals surface area contributed by atoms with E-state index in [9.17, 15) is 0 Å². The second-order valence-electron chi connectivity index (χ2n) is 4.59. The van der Waals surface area contributed by atoms with Gasteiger partial charge in [-0.3, -0.25) is 4.68 Å². The van der Waals surface area contributed by atoms with Gasteiger partial charge in [0.25, 0.3) is 0 Å². The van der Waals surface area contributed by atoms with Crippen LogP contribution in [0.3, 0.4) is 0 Å². The van der Waals surface area contributed by atoms with Crippen molar-refractivity contribution in [3.63, 3.8) is 0 Å². The van der Waals surface area contributed by atoms with E-state index in [0.717, 1.165) is 19.5 Å². The molecule has 0 radical (unpaired) electrons. The second-order valence-corrected chi connectivity index (χ2v) is 4.59. The molecule has 18 heavy (non-hydrogen) atoms. The third-order valence-electron chi connectivity index (χ3n) is 3.18. The van der Waals surface area contributed by atoms with E-state index in [2.05, 4.69) is 48.5 Å². The summed E-state index contributed by atoms with van der Waals surface area (Å²) in [6, 6.07) is 11.2.